The first-order valence-corrected chi connectivity index (χ1v) is 14.9. The second-order valence-corrected chi connectivity index (χ2v) is 14.1. The van der Waals surface area contributed by atoms with E-state index in [2.05, 4.69) is 94.2 Å². The molecule has 4 aliphatic rings. The Morgan fingerprint density at radius 1 is 0.967 bits per heavy atom. The molecule has 3 aliphatic carbocycles. The van der Waals surface area contributed by atoms with Crippen molar-refractivity contribution in [2.24, 2.45) is 0 Å². The zero-order valence-corrected chi connectivity index (χ0v) is 20.7. The smallest absolute Gasteiger partial charge is 0.0775 e. The van der Waals surface area contributed by atoms with Gasteiger partial charge in [-0.15, -0.1) is 23.1 Å². The summed E-state index contributed by atoms with van der Waals surface area (Å²) < 4.78 is 1.59. The molecule has 1 aromatic carbocycles. The molecule has 149 valence electrons. The zero-order valence-electron chi connectivity index (χ0n) is 18.1. The largest absolute Gasteiger partial charge is 0.141 e. The first-order valence-electron chi connectivity index (χ1n) is 10.7. The molecule has 0 amide bonds. The summed E-state index contributed by atoms with van der Waals surface area (Å²) in [6.45, 7) is 11.9. The highest BCUT2D eigenvalue weighted by Crippen LogP contribution is 2.55. The summed E-state index contributed by atoms with van der Waals surface area (Å²) in [4.78, 5) is 2.95. The fourth-order valence-electron chi connectivity index (χ4n) is 5.65. The molecule has 0 saturated carbocycles. The van der Waals surface area contributed by atoms with E-state index in [4.69, 9.17) is 0 Å². The lowest BCUT2D eigenvalue weighted by Crippen LogP contribution is -2.22. The fraction of sp³-hybridized carbons (Fsp3) is 0.259. The van der Waals surface area contributed by atoms with Crippen molar-refractivity contribution in [3.63, 3.8) is 0 Å². The van der Waals surface area contributed by atoms with E-state index in [9.17, 15) is 0 Å². The van der Waals surface area contributed by atoms with Crippen molar-refractivity contribution in [1.29, 1.82) is 0 Å². The summed E-state index contributed by atoms with van der Waals surface area (Å²) in [6, 6.07) is 11.3. The van der Waals surface area contributed by atoms with E-state index in [1.165, 1.54) is 48.4 Å². The van der Waals surface area contributed by atoms with Gasteiger partial charge in [-0.05, 0) is 81.2 Å². The van der Waals surface area contributed by atoms with E-state index in [1.54, 1.807) is 15.3 Å². The van der Waals surface area contributed by atoms with Crippen molar-refractivity contribution >= 4 is 48.7 Å². The zero-order chi connectivity index (χ0) is 20.7. The number of thiophene rings is 1. The molecule has 0 nitrogen and oxygen atoms in total. The van der Waals surface area contributed by atoms with Crippen molar-refractivity contribution < 1.29 is 0 Å². The average Bonchev–Trinajstić information content (AvgIpc) is 3.39. The molecule has 0 fully saturated rings. The van der Waals surface area contributed by atoms with Gasteiger partial charge in [0.25, 0.3) is 0 Å². The second-order valence-electron chi connectivity index (χ2n) is 8.98. The minimum absolute atomic E-state index is 0.400. The minimum Gasteiger partial charge on any atom is -0.141 e. The Hall–Kier alpha value is -1.81. The fourth-order valence-corrected chi connectivity index (χ4v) is 10.9. The average molecular weight is 442 g/mol. The predicted molar refractivity (Wildman–Crippen MR) is 136 cm³/mol. The van der Waals surface area contributed by atoms with E-state index in [0.29, 0.717) is 11.2 Å². The molecule has 0 bridgehead atoms. The number of fused-ring (bicyclic) bond motifs is 5. The Morgan fingerprint density at radius 3 is 2.57 bits per heavy atom. The molecule has 1 aliphatic heterocycles. The predicted octanol–water partition coefficient (Wildman–Crippen LogP) is 6.12. The van der Waals surface area contributed by atoms with Gasteiger partial charge < -0.3 is 0 Å². The molecule has 2 unspecified atom stereocenters. The Labute approximate surface area is 188 Å². The van der Waals surface area contributed by atoms with E-state index >= 15 is 0 Å². The molecule has 1 aromatic heterocycles. The van der Waals surface area contributed by atoms with Crippen molar-refractivity contribution in [2.75, 3.05) is 0 Å². The molecule has 6 rings (SSSR count). The highest BCUT2D eigenvalue weighted by atomic mass is 32.2. The summed E-state index contributed by atoms with van der Waals surface area (Å²) in [7, 11) is -0.495. The highest BCUT2D eigenvalue weighted by Gasteiger charge is 2.41. The van der Waals surface area contributed by atoms with Gasteiger partial charge in [-0.2, -0.15) is 0 Å². The van der Waals surface area contributed by atoms with Crippen LogP contribution >= 0.6 is 23.1 Å². The number of hydrogen-bond donors (Lipinski definition) is 0. The van der Waals surface area contributed by atoms with Gasteiger partial charge in [0, 0.05) is 15.3 Å². The first kappa shape index (κ1) is 18.9. The van der Waals surface area contributed by atoms with Gasteiger partial charge in [0.2, 0.25) is 0 Å². The van der Waals surface area contributed by atoms with Crippen molar-refractivity contribution in [1.82, 2.24) is 0 Å². The Kier molecular flexibility index (Phi) is 4.16. The van der Waals surface area contributed by atoms with Gasteiger partial charge in [-0.3, -0.25) is 0 Å². The molecular formula is C27H25S2Si. The number of benzene rings is 1. The maximum atomic E-state index is 2.50. The molecule has 0 N–H and O–H groups in total. The maximum Gasteiger partial charge on any atom is 0.0775 e. The summed E-state index contributed by atoms with van der Waals surface area (Å²) in [6.07, 6.45) is 7.21. The number of allylic oxidation sites excluding steroid dienone is 7. The van der Waals surface area contributed by atoms with Crippen molar-refractivity contribution in [3.8, 4) is 0 Å². The SMILES string of the molecule is CC1=CC2C(=C1C1=C(C)SC3C1=c1cc(C)sc1=C3[Si](C)C)C=Cc1ccccc12. The summed E-state index contributed by atoms with van der Waals surface area (Å²) in [5.74, 6) is 0.400. The quantitative estimate of drug-likeness (QED) is 0.506. The van der Waals surface area contributed by atoms with E-state index in [-0.39, 0.29) is 0 Å². The van der Waals surface area contributed by atoms with Crippen molar-refractivity contribution in [3.05, 3.63) is 95.4 Å². The van der Waals surface area contributed by atoms with Crippen LogP contribution in [0, 0.1) is 6.92 Å². The first-order chi connectivity index (χ1) is 14.5. The molecule has 1 radical (unpaired) electrons. The van der Waals surface area contributed by atoms with Crippen LogP contribution in [-0.4, -0.2) is 14.0 Å². The topological polar surface area (TPSA) is 0 Å². The minimum atomic E-state index is -0.495. The monoisotopic (exact) mass is 441 g/mol. The maximum absolute atomic E-state index is 2.50. The highest BCUT2D eigenvalue weighted by molar-refractivity contribution is 8.05. The van der Waals surface area contributed by atoms with Gasteiger partial charge in [0.05, 0.1) is 14.0 Å². The van der Waals surface area contributed by atoms with Crippen LogP contribution in [0.3, 0.4) is 0 Å². The van der Waals surface area contributed by atoms with Crippen LogP contribution in [0.15, 0.2) is 69.7 Å². The normalized spacial score (nSPS) is 24.0. The Morgan fingerprint density at radius 2 is 1.77 bits per heavy atom. The van der Waals surface area contributed by atoms with Gasteiger partial charge >= 0.3 is 0 Å². The van der Waals surface area contributed by atoms with E-state index in [1.807, 2.05) is 11.3 Å². The van der Waals surface area contributed by atoms with Crippen LogP contribution in [0.2, 0.25) is 13.1 Å². The lowest BCUT2D eigenvalue weighted by molar-refractivity contribution is 1.03. The van der Waals surface area contributed by atoms with Crippen LogP contribution in [0.4, 0.5) is 0 Å². The summed E-state index contributed by atoms with van der Waals surface area (Å²) in [5.41, 5.74) is 10.4. The van der Waals surface area contributed by atoms with Crippen LogP contribution < -0.4 is 9.75 Å². The third-order valence-electron chi connectivity index (χ3n) is 6.83. The number of hydrogen-bond acceptors (Lipinski definition) is 2. The number of rotatable bonds is 2. The molecule has 2 atom stereocenters. The number of aryl methyl sites for hydroxylation is 1. The molecule has 2 aromatic rings. The standard InChI is InChI=1S/C27H25S2Si/c1-14-12-20-18-9-7-6-8-17(18)10-11-19(20)22(14)23-16(3)29-26-24(23)21-13-15(2)28-25(21)27(26)30(4)5/h6-13,20,26H,1-5H3. The Bertz CT molecular complexity index is 1370. The third kappa shape index (κ3) is 2.46. The lowest BCUT2D eigenvalue weighted by Gasteiger charge is -2.21. The lowest BCUT2D eigenvalue weighted by atomic mass is 9.82. The summed E-state index contributed by atoms with van der Waals surface area (Å²) >= 11 is 4.13. The molecule has 30 heavy (non-hydrogen) atoms. The van der Waals surface area contributed by atoms with Gasteiger partial charge in [-0.25, -0.2) is 0 Å². The third-order valence-corrected chi connectivity index (χ3v) is 11.2. The van der Waals surface area contributed by atoms with Crippen molar-refractivity contribution in [2.45, 2.75) is 45.0 Å². The summed E-state index contributed by atoms with van der Waals surface area (Å²) in [5, 5.41) is 3.83. The van der Waals surface area contributed by atoms with Gasteiger partial charge in [-0.1, -0.05) is 55.6 Å². The molecule has 0 spiro atoms. The number of thioether (sulfide) groups is 1. The molecular weight excluding hydrogens is 417 g/mol. The van der Waals surface area contributed by atoms with Crippen LogP contribution in [-0.2, 0) is 0 Å². The molecule has 3 heteroatoms. The molecule has 2 heterocycles. The van der Waals surface area contributed by atoms with Crippen LogP contribution in [0.5, 0.6) is 0 Å². The van der Waals surface area contributed by atoms with Crippen LogP contribution in [0.1, 0.15) is 35.8 Å². The van der Waals surface area contributed by atoms with E-state index in [0.717, 1.165) is 0 Å². The molecule has 0 saturated heterocycles. The van der Waals surface area contributed by atoms with Gasteiger partial charge in [0.1, 0.15) is 0 Å². The van der Waals surface area contributed by atoms with E-state index < -0.39 is 8.80 Å². The second kappa shape index (κ2) is 6.59. The Balaban J connectivity index is 1.61. The van der Waals surface area contributed by atoms with Gasteiger partial charge in [0.15, 0.2) is 0 Å². The van der Waals surface area contributed by atoms with Crippen LogP contribution in [0.25, 0.3) is 16.8 Å².